The van der Waals surface area contributed by atoms with Crippen molar-refractivity contribution < 1.29 is 52.3 Å². The number of phenolic OH excluding ortho intramolecular Hbond substituents is 2. The first kappa shape index (κ1) is 52.0. The van der Waals surface area contributed by atoms with Gasteiger partial charge in [0, 0.05) is 62.7 Å². The average molecular weight is 923 g/mol. The first-order valence-electron chi connectivity index (χ1n) is 19.9. The summed E-state index contributed by atoms with van der Waals surface area (Å²) >= 11 is 0. The summed E-state index contributed by atoms with van der Waals surface area (Å²) in [5.74, 6) is -1.86. The van der Waals surface area contributed by atoms with E-state index in [2.05, 4.69) is 93.9 Å². The van der Waals surface area contributed by atoms with Gasteiger partial charge in [0.05, 0.1) is 41.6 Å². The number of rotatable bonds is 16. The fourth-order valence-corrected chi connectivity index (χ4v) is 7.91. The number of aliphatic hydroxyl groups excluding tert-OH is 2. The molecule has 19 heteroatoms. The highest BCUT2D eigenvalue weighted by atomic mass is 35.5. The summed E-state index contributed by atoms with van der Waals surface area (Å²) in [5.41, 5.74) is 3.19. The Balaban J connectivity index is 0.000000299. The number of hydrogen-bond acceptors (Lipinski definition) is 14. The average Bonchev–Trinajstić information content (AvgIpc) is 3.41. The third-order valence-corrected chi connectivity index (χ3v) is 10.7. The van der Waals surface area contributed by atoms with Crippen molar-refractivity contribution in [3.05, 3.63) is 118 Å². The molecule has 0 saturated carbocycles. The molecule has 3 aliphatic rings. The van der Waals surface area contributed by atoms with Gasteiger partial charge in [-0.15, -0.1) is 24.8 Å². The Morgan fingerprint density at radius 3 is 1.39 bits per heavy atom. The molecule has 0 radical (unpaired) electrons. The Hall–Kier alpha value is -4.37. The second-order valence-corrected chi connectivity index (χ2v) is 15.5. The van der Waals surface area contributed by atoms with Gasteiger partial charge in [-0.05, 0) is 68.1 Å². The quantitative estimate of drug-likeness (QED) is 0.0373. The zero-order valence-electron chi connectivity index (χ0n) is 34.3. The van der Waals surface area contributed by atoms with E-state index in [0.717, 1.165) is 0 Å². The number of phenols is 2. The molecule has 2 aliphatic heterocycles. The molecule has 2 heterocycles. The standard InChI is InChI=1S/C22H28N4O6.C21H25NO.2ClH.H2O4S/c27-11-9-23-5-7-25-13-1-2-14(26-8-6-24-10-12-28)18-17(13)21(31)19-15(29)3-4-16(30)20(19)22(18)32;1-22-18-12-13-19(22)15-20(14-18)23-21(16-8-4-2-5-9-16)17-10-6-3-7-11-17;;;1-5(2,3)4/h1-4,23-30H,5-12H2;2-11,18-21H,12-15H2,1H3;2*1H;(H2,1,2,3,4). The Bertz CT molecular complexity index is 2020. The Morgan fingerprint density at radius 1 is 0.629 bits per heavy atom. The number of ether oxygens (including phenoxy) is 1. The van der Waals surface area contributed by atoms with E-state index in [0.29, 0.717) is 68.8 Å². The molecule has 0 aromatic heterocycles. The molecular weight excluding hydrogens is 865 g/mol. The van der Waals surface area contributed by atoms with Gasteiger partial charge in [0.2, 0.25) is 11.6 Å². The minimum absolute atomic E-state index is 0. The number of nitrogens with zero attached hydrogens (tertiary/aromatic N) is 1. The van der Waals surface area contributed by atoms with Gasteiger partial charge in [-0.1, -0.05) is 60.7 Å². The van der Waals surface area contributed by atoms with E-state index < -0.39 is 22.0 Å². The van der Waals surface area contributed by atoms with Crippen LogP contribution in [0.2, 0.25) is 0 Å². The Morgan fingerprint density at radius 2 is 1.02 bits per heavy atom. The fraction of sp³-hybridized carbons (Fsp3) is 0.395. The van der Waals surface area contributed by atoms with Crippen LogP contribution in [0.25, 0.3) is 0 Å². The van der Waals surface area contributed by atoms with Gasteiger partial charge in [0.15, 0.2) is 0 Å². The number of ketones is 2. The lowest BCUT2D eigenvalue weighted by atomic mass is 9.81. The number of fused-ring (bicyclic) bond motifs is 4. The third kappa shape index (κ3) is 14.1. The van der Waals surface area contributed by atoms with Crippen molar-refractivity contribution in [1.29, 1.82) is 0 Å². The molecule has 4 aromatic rings. The number of nitrogens with one attached hydrogen (secondary N) is 4. The van der Waals surface area contributed by atoms with E-state index in [-0.39, 0.29) is 77.9 Å². The van der Waals surface area contributed by atoms with Gasteiger partial charge in [-0.3, -0.25) is 18.7 Å². The number of aliphatic hydroxyl groups is 2. The van der Waals surface area contributed by atoms with Crippen molar-refractivity contribution in [3.8, 4) is 11.5 Å². The van der Waals surface area contributed by atoms with Gasteiger partial charge < -0.3 is 51.3 Å². The topological polar surface area (TPSA) is 250 Å². The molecule has 10 N–H and O–H groups in total. The molecule has 2 saturated heterocycles. The maximum absolute atomic E-state index is 13.4. The van der Waals surface area contributed by atoms with Gasteiger partial charge >= 0.3 is 10.4 Å². The maximum Gasteiger partial charge on any atom is 0.394 e. The number of halogens is 2. The summed E-state index contributed by atoms with van der Waals surface area (Å²) in [6, 6.07) is 28.5. The van der Waals surface area contributed by atoms with Crippen LogP contribution in [-0.4, -0.2) is 132 Å². The van der Waals surface area contributed by atoms with Crippen LogP contribution in [0.5, 0.6) is 11.5 Å². The smallest absolute Gasteiger partial charge is 0.394 e. The second kappa shape index (κ2) is 25.1. The predicted octanol–water partition coefficient (Wildman–Crippen LogP) is 4.47. The highest BCUT2D eigenvalue weighted by molar-refractivity contribution is 7.79. The molecule has 4 aromatic carbocycles. The predicted molar refractivity (Wildman–Crippen MR) is 242 cm³/mol. The largest absolute Gasteiger partial charge is 0.507 e. The minimum atomic E-state index is -4.67. The molecule has 2 bridgehead atoms. The Kier molecular flexibility index (Phi) is 21.0. The van der Waals surface area contributed by atoms with Crippen molar-refractivity contribution >= 4 is 58.2 Å². The second-order valence-electron chi connectivity index (χ2n) is 14.7. The van der Waals surface area contributed by atoms with Crippen molar-refractivity contribution in [3.63, 3.8) is 0 Å². The van der Waals surface area contributed by atoms with E-state index in [1.807, 2.05) is 0 Å². The number of carbonyl (C=O) groups is 2. The maximum atomic E-state index is 13.4. The summed E-state index contributed by atoms with van der Waals surface area (Å²) in [4.78, 5) is 29.3. The first-order chi connectivity index (χ1) is 28.8. The number of hydrogen-bond donors (Lipinski definition) is 10. The number of carbonyl (C=O) groups excluding carboxylic acids is 2. The van der Waals surface area contributed by atoms with E-state index in [9.17, 15) is 19.8 Å². The number of anilines is 2. The molecule has 16 nitrogen and oxygen atoms in total. The molecular formula is C43H57Cl2N5O11S. The number of benzene rings is 4. The lowest BCUT2D eigenvalue weighted by Gasteiger charge is -2.38. The van der Waals surface area contributed by atoms with Crippen molar-refractivity contribution in [1.82, 2.24) is 15.5 Å². The van der Waals surface area contributed by atoms with Crippen molar-refractivity contribution in [2.24, 2.45) is 0 Å². The molecule has 62 heavy (non-hydrogen) atoms. The zero-order chi connectivity index (χ0) is 43.2. The van der Waals surface area contributed by atoms with Gasteiger partial charge in [-0.2, -0.15) is 8.42 Å². The zero-order valence-corrected chi connectivity index (χ0v) is 36.7. The lowest BCUT2D eigenvalue weighted by molar-refractivity contribution is -0.0426. The van der Waals surface area contributed by atoms with Crippen LogP contribution < -0.4 is 21.3 Å². The summed E-state index contributed by atoms with van der Waals surface area (Å²) in [5, 5.41) is 50.6. The highest BCUT2D eigenvalue weighted by Crippen LogP contribution is 2.43. The molecule has 7 rings (SSSR count). The Labute approximate surface area is 374 Å². The van der Waals surface area contributed by atoms with Gasteiger partial charge in [0.1, 0.15) is 17.6 Å². The molecule has 0 amide bonds. The SMILES string of the molecule is CN1C2CCC1CC(OC(c1ccccc1)c1ccccc1)C2.Cl.Cl.O=C1c2c(O)ccc(O)c2C(=O)c2c(NCCNCCO)ccc(NCCNCCO)c21.O=S(=O)(O)O. The molecule has 1 aliphatic carbocycles. The third-order valence-electron chi connectivity index (χ3n) is 10.7. The molecule has 2 unspecified atom stereocenters. The van der Waals surface area contributed by atoms with E-state index in [1.54, 1.807) is 12.1 Å². The van der Waals surface area contributed by atoms with Crippen LogP contribution in [0.15, 0.2) is 84.9 Å². The number of aromatic hydroxyl groups is 2. The molecule has 2 fully saturated rings. The number of piperidine rings is 1. The van der Waals surface area contributed by atoms with Crippen LogP contribution in [0.4, 0.5) is 11.4 Å². The van der Waals surface area contributed by atoms with Gasteiger partial charge in [-0.25, -0.2) is 0 Å². The van der Waals surface area contributed by atoms with E-state index in [1.165, 1.54) is 48.9 Å². The van der Waals surface area contributed by atoms with E-state index >= 15 is 0 Å². The summed E-state index contributed by atoms with van der Waals surface area (Å²) in [7, 11) is -2.38. The normalized spacial score (nSPS) is 17.5. The van der Waals surface area contributed by atoms with E-state index in [4.69, 9.17) is 32.5 Å². The molecule has 2 atom stereocenters. The monoisotopic (exact) mass is 921 g/mol. The minimum Gasteiger partial charge on any atom is -0.507 e. The van der Waals surface area contributed by atoms with Crippen LogP contribution in [0.1, 0.15) is 74.8 Å². The highest BCUT2D eigenvalue weighted by Gasteiger charge is 2.40. The van der Waals surface area contributed by atoms with Crippen LogP contribution in [0.3, 0.4) is 0 Å². The fourth-order valence-electron chi connectivity index (χ4n) is 7.91. The van der Waals surface area contributed by atoms with Crippen molar-refractivity contribution in [2.45, 2.75) is 50.0 Å². The summed E-state index contributed by atoms with van der Waals surface area (Å²) < 4.78 is 38.2. The van der Waals surface area contributed by atoms with Crippen LogP contribution >= 0.6 is 24.8 Å². The summed E-state index contributed by atoms with van der Waals surface area (Å²) in [6.07, 6.45) is 5.43. The van der Waals surface area contributed by atoms with Gasteiger partial charge in [0.25, 0.3) is 0 Å². The van der Waals surface area contributed by atoms with Crippen LogP contribution in [0, 0.1) is 0 Å². The molecule has 340 valence electrons. The lowest BCUT2D eigenvalue weighted by Crippen LogP contribution is -2.43. The molecule has 0 spiro atoms. The summed E-state index contributed by atoms with van der Waals surface area (Å²) in [6.45, 7) is 2.81. The van der Waals surface area contributed by atoms with Crippen LogP contribution in [-0.2, 0) is 15.1 Å². The van der Waals surface area contributed by atoms with Crippen molar-refractivity contribution in [2.75, 3.05) is 70.2 Å². The first-order valence-corrected chi connectivity index (χ1v) is 21.3.